The van der Waals surface area contributed by atoms with Gasteiger partial charge in [-0.1, -0.05) is 33.6 Å². The molecule has 0 saturated heterocycles. The van der Waals surface area contributed by atoms with E-state index in [2.05, 4.69) is 13.8 Å². The van der Waals surface area contributed by atoms with Crippen molar-refractivity contribution in [3.8, 4) is 0 Å². The van der Waals surface area contributed by atoms with Crippen molar-refractivity contribution < 1.29 is 9.90 Å². The van der Waals surface area contributed by atoms with Crippen LogP contribution in [0.15, 0.2) is 0 Å². The van der Waals surface area contributed by atoms with Crippen LogP contribution in [-0.4, -0.2) is 11.1 Å². The van der Waals surface area contributed by atoms with Gasteiger partial charge in [0, 0.05) is 0 Å². The van der Waals surface area contributed by atoms with Crippen molar-refractivity contribution in [2.45, 2.75) is 59.3 Å². The van der Waals surface area contributed by atoms with Gasteiger partial charge in [-0.3, -0.25) is 4.79 Å². The van der Waals surface area contributed by atoms with Crippen molar-refractivity contribution >= 4 is 5.97 Å². The third-order valence-electron chi connectivity index (χ3n) is 4.34. The first-order valence-electron chi connectivity index (χ1n) is 6.73. The van der Waals surface area contributed by atoms with E-state index in [9.17, 15) is 4.79 Å². The summed E-state index contributed by atoms with van der Waals surface area (Å²) in [7, 11) is 0. The van der Waals surface area contributed by atoms with Gasteiger partial charge < -0.3 is 5.11 Å². The summed E-state index contributed by atoms with van der Waals surface area (Å²) in [5.41, 5.74) is 0. The predicted octanol–water partition coefficient (Wildman–Crippen LogP) is 3.95. The molecule has 16 heavy (non-hydrogen) atoms. The molecular formula is C14H26O2. The van der Waals surface area contributed by atoms with Crippen molar-refractivity contribution in [1.82, 2.24) is 0 Å². The Hall–Kier alpha value is -0.530. The zero-order chi connectivity index (χ0) is 12.1. The lowest BCUT2D eigenvalue weighted by Crippen LogP contribution is -2.20. The van der Waals surface area contributed by atoms with Crippen LogP contribution < -0.4 is 0 Å². The molecule has 1 aliphatic rings. The summed E-state index contributed by atoms with van der Waals surface area (Å²) in [5, 5.41) is 8.84. The van der Waals surface area contributed by atoms with Crippen LogP contribution in [0.5, 0.6) is 0 Å². The van der Waals surface area contributed by atoms with Crippen LogP contribution in [-0.2, 0) is 4.79 Å². The molecule has 1 aliphatic carbocycles. The molecule has 1 rings (SSSR count). The fourth-order valence-electron chi connectivity index (χ4n) is 2.73. The molecule has 0 radical (unpaired) electrons. The summed E-state index contributed by atoms with van der Waals surface area (Å²) >= 11 is 0. The molecule has 1 N–H and O–H groups in total. The number of hydrogen-bond donors (Lipinski definition) is 1. The molecule has 0 amide bonds. The van der Waals surface area contributed by atoms with Crippen molar-refractivity contribution in [2.24, 2.45) is 23.7 Å². The lowest BCUT2D eigenvalue weighted by molar-refractivity contribution is -0.141. The molecule has 0 spiro atoms. The van der Waals surface area contributed by atoms with Crippen LogP contribution in [0.1, 0.15) is 59.3 Å². The molecule has 1 saturated carbocycles. The Labute approximate surface area is 99.4 Å². The van der Waals surface area contributed by atoms with Crippen molar-refractivity contribution in [3.05, 3.63) is 0 Å². The largest absolute Gasteiger partial charge is 0.481 e. The van der Waals surface area contributed by atoms with E-state index in [-0.39, 0.29) is 5.92 Å². The highest BCUT2D eigenvalue weighted by Gasteiger charge is 2.24. The van der Waals surface area contributed by atoms with Gasteiger partial charge in [0.15, 0.2) is 0 Å². The highest BCUT2D eigenvalue weighted by Crippen LogP contribution is 2.35. The van der Waals surface area contributed by atoms with E-state index in [4.69, 9.17) is 5.11 Å². The third-order valence-corrected chi connectivity index (χ3v) is 4.34. The van der Waals surface area contributed by atoms with Crippen LogP contribution in [0.25, 0.3) is 0 Å². The van der Waals surface area contributed by atoms with Crippen LogP contribution in [0.2, 0.25) is 0 Å². The van der Waals surface area contributed by atoms with E-state index in [0.29, 0.717) is 5.92 Å². The normalized spacial score (nSPS) is 29.7. The average Bonchev–Trinajstić information content (AvgIpc) is 2.26. The van der Waals surface area contributed by atoms with E-state index in [1.807, 2.05) is 6.92 Å². The molecule has 2 heteroatoms. The molecule has 1 fully saturated rings. The Morgan fingerprint density at radius 2 is 1.75 bits per heavy atom. The first kappa shape index (κ1) is 13.5. The van der Waals surface area contributed by atoms with Crippen LogP contribution in [0.3, 0.4) is 0 Å². The summed E-state index contributed by atoms with van der Waals surface area (Å²) in [6, 6.07) is 0. The van der Waals surface area contributed by atoms with E-state index in [0.717, 1.165) is 24.7 Å². The lowest BCUT2D eigenvalue weighted by atomic mass is 9.75. The summed E-state index contributed by atoms with van der Waals surface area (Å²) in [4.78, 5) is 10.7. The van der Waals surface area contributed by atoms with Crippen molar-refractivity contribution in [3.63, 3.8) is 0 Å². The maximum absolute atomic E-state index is 10.7. The number of carboxylic acid groups (broad SMARTS) is 1. The number of aliphatic carboxylic acids is 1. The van der Waals surface area contributed by atoms with Gasteiger partial charge in [-0.05, 0) is 43.4 Å². The molecule has 0 heterocycles. The first-order valence-corrected chi connectivity index (χ1v) is 6.73. The highest BCUT2D eigenvalue weighted by atomic mass is 16.4. The SMILES string of the molecule is CC1CCC(C(C)CCC(C)C(=O)O)CC1. The lowest BCUT2D eigenvalue weighted by Gasteiger charge is -2.31. The number of carbonyl (C=O) groups is 1. The second-order valence-electron chi connectivity index (χ2n) is 5.81. The molecular weight excluding hydrogens is 200 g/mol. The van der Waals surface area contributed by atoms with E-state index >= 15 is 0 Å². The molecule has 0 bridgehead atoms. The Balaban J connectivity index is 2.24. The fraction of sp³-hybridized carbons (Fsp3) is 0.929. The Morgan fingerprint density at radius 3 is 2.25 bits per heavy atom. The summed E-state index contributed by atoms with van der Waals surface area (Å²) in [5.74, 6) is 1.63. The number of hydrogen-bond acceptors (Lipinski definition) is 1. The molecule has 0 aromatic heterocycles. The zero-order valence-electron chi connectivity index (χ0n) is 10.9. The highest BCUT2D eigenvalue weighted by molar-refractivity contribution is 5.69. The number of rotatable bonds is 5. The topological polar surface area (TPSA) is 37.3 Å². The summed E-state index contributed by atoms with van der Waals surface area (Å²) < 4.78 is 0. The standard InChI is InChI=1S/C14H26O2/c1-10-4-8-13(9-5-10)11(2)6-7-12(3)14(15)16/h10-13H,4-9H2,1-3H3,(H,15,16). The Morgan fingerprint density at radius 1 is 1.19 bits per heavy atom. The molecule has 0 aromatic carbocycles. The molecule has 2 atom stereocenters. The van der Waals surface area contributed by atoms with E-state index < -0.39 is 5.97 Å². The van der Waals surface area contributed by atoms with Gasteiger partial charge in [0.25, 0.3) is 0 Å². The van der Waals surface area contributed by atoms with Crippen LogP contribution in [0, 0.1) is 23.7 Å². The predicted molar refractivity (Wildman–Crippen MR) is 66.3 cm³/mol. The van der Waals surface area contributed by atoms with Gasteiger partial charge in [-0.25, -0.2) is 0 Å². The fourth-order valence-corrected chi connectivity index (χ4v) is 2.73. The molecule has 0 aromatic rings. The Kier molecular flexibility index (Phi) is 5.30. The van der Waals surface area contributed by atoms with Gasteiger partial charge in [0.05, 0.1) is 5.92 Å². The molecule has 94 valence electrons. The van der Waals surface area contributed by atoms with Crippen LogP contribution >= 0.6 is 0 Å². The first-order chi connectivity index (χ1) is 7.50. The second-order valence-corrected chi connectivity index (χ2v) is 5.81. The Bertz CT molecular complexity index is 217. The van der Waals surface area contributed by atoms with Gasteiger partial charge in [-0.15, -0.1) is 0 Å². The van der Waals surface area contributed by atoms with Gasteiger partial charge in [0.2, 0.25) is 0 Å². The average molecular weight is 226 g/mol. The summed E-state index contributed by atoms with van der Waals surface area (Å²) in [6.45, 7) is 6.46. The van der Waals surface area contributed by atoms with Crippen molar-refractivity contribution in [2.75, 3.05) is 0 Å². The van der Waals surface area contributed by atoms with E-state index in [1.54, 1.807) is 0 Å². The molecule has 2 nitrogen and oxygen atoms in total. The van der Waals surface area contributed by atoms with E-state index in [1.165, 1.54) is 25.7 Å². The quantitative estimate of drug-likeness (QED) is 0.770. The third kappa shape index (κ3) is 4.15. The molecule has 0 aliphatic heterocycles. The number of carboxylic acids is 1. The van der Waals surface area contributed by atoms with Crippen LogP contribution in [0.4, 0.5) is 0 Å². The maximum Gasteiger partial charge on any atom is 0.306 e. The second kappa shape index (κ2) is 6.27. The minimum atomic E-state index is -0.649. The maximum atomic E-state index is 10.7. The summed E-state index contributed by atoms with van der Waals surface area (Å²) in [6.07, 6.45) is 7.34. The monoisotopic (exact) mass is 226 g/mol. The smallest absolute Gasteiger partial charge is 0.306 e. The van der Waals surface area contributed by atoms with Gasteiger partial charge >= 0.3 is 5.97 Å². The van der Waals surface area contributed by atoms with Gasteiger partial charge in [-0.2, -0.15) is 0 Å². The minimum absolute atomic E-state index is 0.176. The van der Waals surface area contributed by atoms with Crippen molar-refractivity contribution in [1.29, 1.82) is 0 Å². The molecule has 2 unspecified atom stereocenters. The zero-order valence-corrected chi connectivity index (χ0v) is 10.9. The van der Waals surface area contributed by atoms with Gasteiger partial charge in [0.1, 0.15) is 0 Å². The minimum Gasteiger partial charge on any atom is -0.481 e.